The van der Waals surface area contributed by atoms with Gasteiger partial charge in [-0.15, -0.1) is 4.40 Å². The van der Waals surface area contributed by atoms with E-state index in [2.05, 4.69) is 20.3 Å². The molecule has 5 nitrogen and oxygen atoms in total. The van der Waals surface area contributed by atoms with Crippen LogP contribution in [0.3, 0.4) is 0 Å². The van der Waals surface area contributed by atoms with Crippen molar-refractivity contribution >= 4 is 37.6 Å². The molecule has 0 bridgehead atoms. The van der Waals surface area contributed by atoms with Crippen LogP contribution >= 0.6 is 15.9 Å². The molecule has 0 atom stereocenters. The van der Waals surface area contributed by atoms with Gasteiger partial charge in [0.1, 0.15) is 0 Å². The lowest BCUT2D eigenvalue weighted by atomic mass is 10.0. The molecular weight excluding hydrogens is 454 g/mol. The van der Waals surface area contributed by atoms with Crippen LogP contribution in [-0.4, -0.2) is 26.7 Å². The van der Waals surface area contributed by atoms with E-state index in [1.807, 2.05) is 37.3 Å². The van der Waals surface area contributed by atoms with Crippen molar-refractivity contribution in [3.63, 3.8) is 0 Å². The number of ketones is 1. The number of hydrogen-bond donors (Lipinski definition) is 0. The lowest BCUT2D eigenvalue weighted by Gasteiger charge is -2.14. The zero-order valence-corrected chi connectivity index (χ0v) is 19.1. The zero-order chi connectivity index (χ0) is 21.4. The van der Waals surface area contributed by atoms with E-state index >= 15 is 0 Å². The van der Waals surface area contributed by atoms with Gasteiger partial charge in [-0.1, -0.05) is 55.0 Å². The summed E-state index contributed by atoms with van der Waals surface area (Å²) in [5.74, 6) is -0.235. The molecule has 2 aromatic carbocycles. The molecule has 0 unspecified atom stereocenters. The summed E-state index contributed by atoms with van der Waals surface area (Å²) < 4.78 is 35.6. The molecule has 0 N–H and O–H groups in total. The third-order valence-electron chi connectivity index (χ3n) is 4.12. The predicted octanol–water partition coefficient (Wildman–Crippen LogP) is 4.99. The molecule has 7 heteroatoms. The van der Waals surface area contributed by atoms with Crippen LogP contribution in [-0.2, 0) is 26.0 Å². The van der Waals surface area contributed by atoms with Crippen LogP contribution < -0.4 is 0 Å². The van der Waals surface area contributed by atoms with Gasteiger partial charge in [0.15, 0.2) is 5.78 Å². The Balaban J connectivity index is 2.60. The maximum absolute atomic E-state index is 12.9. The first-order valence-electron chi connectivity index (χ1n) is 9.29. The van der Waals surface area contributed by atoms with Crippen LogP contribution in [0.2, 0.25) is 0 Å². The molecule has 0 radical (unpaired) electrons. The molecule has 0 saturated heterocycles. The Bertz CT molecular complexity index is 1010. The van der Waals surface area contributed by atoms with Crippen molar-refractivity contribution in [2.24, 2.45) is 4.40 Å². The van der Waals surface area contributed by atoms with Crippen LogP contribution in [0.25, 0.3) is 0 Å². The van der Waals surface area contributed by atoms with Gasteiger partial charge in [-0.3, -0.25) is 4.79 Å². The molecule has 0 aliphatic heterocycles. The highest BCUT2D eigenvalue weighted by Gasteiger charge is 2.22. The zero-order valence-electron chi connectivity index (χ0n) is 16.7. The van der Waals surface area contributed by atoms with Crippen molar-refractivity contribution in [3.8, 4) is 0 Å². The largest absolute Gasteiger partial charge is 0.477 e. The molecule has 0 aromatic heterocycles. The minimum atomic E-state index is -4.01. The lowest BCUT2D eigenvalue weighted by Crippen LogP contribution is -2.17. The van der Waals surface area contributed by atoms with Gasteiger partial charge in [-0.05, 0) is 47.5 Å². The van der Waals surface area contributed by atoms with Gasteiger partial charge in [0, 0.05) is 18.4 Å². The number of rotatable bonds is 8. The number of Topliss-reactive ketones (excluding diaryl/α,β-unsaturated/α-hetero) is 1. The van der Waals surface area contributed by atoms with Crippen molar-refractivity contribution in [2.45, 2.75) is 38.5 Å². The van der Waals surface area contributed by atoms with Gasteiger partial charge in [-0.2, -0.15) is 8.42 Å². The van der Waals surface area contributed by atoms with E-state index < -0.39 is 10.0 Å². The molecule has 0 saturated carbocycles. The smallest absolute Gasteiger partial charge is 0.285 e. The molecule has 0 aliphatic carbocycles. The van der Waals surface area contributed by atoms with Gasteiger partial charge in [0.2, 0.25) is 5.90 Å². The Morgan fingerprint density at radius 2 is 1.66 bits per heavy atom. The molecule has 0 amide bonds. The molecule has 154 valence electrons. The Morgan fingerprint density at radius 3 is 2.21 bits per heavy atom. The average Bonchev–Trinajstić information content (AvgIpc) is 2.71. The second-order valence-corrected chi connectivity index (χ2v) is 8.75. The van der Waals surface area contributed by atoms with Crippen molar-refractivity contribution in [3.05, 3.63) is 75.8 Å². The second kappa shape index (κ2) is 10.5. The highest BCUT2D eigenvalue weighted by atomic mass is 79.9. The van der Waals surface area contributed by atoms with Crippen molar-refractivity contribution in [2.75, 3.05) is 6.61 Å². The van der Waals surface area contributed by atoms with E-state index in [4.69, 9.17) is 4.74 Å². The van der Waals surface area contributed by atoms with Gasteiger partial charge in [0.25, 0.3) is 10.0 Å². The fraction of sp³-hybridized carbons (Fsp3) is 0.273. The van der Waals surface area contributed by atoms with Crippen LogP contribution in [0.1, 0.15) is 31.4 Å². The van der Waals surface area contributed by atoms with E-state index in [9.17, 15) is 13.2 Å². The quantitative estimate of drug-likeness (QED) is 0.305. The first kappa shape index (κ1) is 23.0. The Morgan fingerprint density at radius 1 is 1.03 bits per heavy atom. The normalized spacial score (nSPS) is 13.0. The van der Waals surface area contributed by atoms with E-state index in [1.54, 1.807) is 26.0 Å². The minimum absolute atomic E-state index is 0.0669. The number of sulfonamides is 1. The number of benzene rings is 2. The minimum Gasteiger partial charge on any atom is -0.477 e. The Labute approximate surface area is 180 Å². The third kappa shape index (κ3) is 6.37. The van der Waals surface area contributed by atoms with Crippen molar-refractivity contribution < 1.29 is 17.9 Å². The number of halogens is 1. The summed E-state index contributed by atoms with van der Waals surface area (Å²) in [5, 5.41) is 0. The molecule has 0 heterocycles. The summed E-state index contributed by atoms with van der Waals surface area (Å²) in [6.45, 7) is 5.56. The summed E-state index contributed by atoms with van der Waals surface area (Å²) >= 11 is 3.35. The topological polar surface area (TPSA) is 72.8 Å². The number of ether oxygens (including phenoxy) is 1. The molecule has 0 aliphatic rings. The number of allylic oxidation sites excluding steroid dienone is 1. The first-order valence-corrected chi connectivity index (χ1v) is 11.5. The number of carbonyl (C=O) groups is 1. The molecule has 2 aromatic rings. The number of nitrogens with zero attached hydrogens (tertiary/aromatic N) is 1. The van der Waals surface area contributed by atoms with Gasteiger partial charge < -0.3 is 4.74 Å². The molecular formula is C22H24BrNO4S. The van der Waals surface area contributed by atoms with E-state index in [0.717, 1.165) is 11.1 Å². The maximum atomic E-state index is 12.9. The average molecular weight is 478 g/mol. The third-order valence-corrected chi connectivity index (χ3v) is 6.31. The molecule has 0 fully saturated rings. The highest BCUT2D eigenvalue weighted by molar-refractivity contribution is 9.12. The summed E-state index contributed by atoms with van der Waals surface area (Å²) in [6, 6.07) is 15.9. The van der Waals surface area contributed by atoms with Gasteiger partial charge >= 0.3 is 0 Å². The highest BCUT2D eigenvalue weighted by Crippen LogP contribution is 2.24. The molecule has 29 heavy (non-hydrogen) atoms. The number of hydrogen-bond acceptors (Lipinski definition) is 4. The summed E-state index contributed by atoms with van der Waals surface area (Å²) in [5.41, 5.74) is 2.25. The van der Waals surface area contributed by atoms with E-state index in [0.29, 0.717) is 12.0 Å². The number of aryl methyl sites for hydroxylation is 1. The van der Waals surface area contributed by atoms with Crippen LogP contribution in [0.5, 0.6) is 0 Å². The monoisotopic (exact) mass is 477 g/mol. The van der Waals surface area contributed by atoms with Gasteiger partial charge in [-0.25, -0.2) is 0 Å². The molecule has 0 spiro atoms. The summed E-state index contributed by atoms with van der Waals surface area (Å²) in [7, 11) is -4.01. The van der Waals surface area contributed by atoms with Crippen LogP contribution in [0.4, 0.5) is 0 Å². The van der Waals surface area contributed by atoms with Crippen molar-refractivity contribution in [1.82, 2.24) is 0 Å². The Hall–Kier alpha value is -2.25. The molecule has 2 rings (SSSR count). The first-order chi connectivity index (χ1) is 13.8. The fourth-order valence-electron chi connectivity index (χ4n) is 2.55. The standard InChI is InChI=1S/C22H24BrNO4S/c1-4-20(25)21(23)19(15-17-9-7-6-8-10-17)22(28-5-2)24-29(26,27)18-13-11-16(3)12-14-18/h6-14H,4-5,15H2,1-3H3/b21-19+,24-22+. The SMILES string of the molecule is CCOC(=N/S(=O)(=O)c1ccc(C)cc1)/C(Cc1ccccc1)=C(/Br)C(=O)CC. The van der Waals surface area contributed by atoms with Gasteiger partial charge in [0.05, 0.1) is 16.0 Å². The summed E-state index contributed by atoms with van der Waals surface area (Å²) in [6.07, 6.45) is 0.568. The fourth-order valence-corrected chi connectivity index (χ4v) is 4.10. The van der Waals surface area contributed by atoms with Crippen LogP contribution in [0.15, 0.2) is 73.9 Å². The maximum Gasteiger partial charge on any atom is 0.285 e. The second-order valence-electron chi connectivity index (χ2n) is 6.35. The lowest BCUT2D eigenvalue weighted by molar-refractivity contribution is -0.114. The Kier molecular flexibility index (Phi) is 8.34. The van der Waals surface area contributed by atoms with Crippen LogP contribution in [0, 0.1) is 6.92 Å². The van der Waals surface area contributed by atoms with Crippen molar-refractivity contribution in [1.29, 1.82) is 0 Å². The summed E-state index contributed by atoms with van der Waals surface area (Å²) in [4.78, 5) is 12.4. The predicted molar refractivity (Wildman–Crippen MR) is 119 cm³/mol. The number of carbonyl (C=O) groups excluding carboxylic acids is 1. The van der Waals surface area contributed by atoms with E-state index in [1.165, 1.54) is 12.1 Å². The van der Waals surface area contributed by atoms with E-state index in [-0.39, 0.29) is 34.1 Å².